The Morgan fingerprint density at radius 3 is 1.10 bits per heavy atom. The quantitative estimate of drug-likeness (QED) is 0.0375. The fourth-order valence-electron chi connectivity index (χ4n) is 16.5. The average Bonchev–Trinajstić information content (AvgIpc) is 1.08. The molecule has 0 spiro atoms. The van der Waals surface area contributed by atoms with Crippen molar-refractivity contribution in [2.24, 2.45) is 5.73 Å². The molecule has 7 saturated heterocycles. The van der Waals surface area contributed by atoms with Gasteiger partial charge in [-0.3, -0.25) is 29.0 Å². The second kappa shape index (κ2) is 38.4. The van der Waals surface area contributed by atoms with Crippen LogP contribution in [0.1, 0.15) is 169 Å². The Kier molecular flexibility index (Phi) is 30.8. The molecule has 11 rings (SSSR count). The topological polar surface area (TPSA) is 235 Å². The number of carbonyl (C=O) groups is 4. The maximum absolute atomic E-state index is 13.2. The highest BCUT2D eigenvalue weighted by Crippen LogP contribution is 2.34. The zero-order chi connectivity index (χ0) is 72.9. The number of nitrogens with one attached hydrogen (secondary N) is 5. The Labute approximate surface area is 606 Å². The first-order valence-electron chi connectivity index (χ1n) is 38.6. The first-order chi connectivity index (χ1) is 48.2. The number of amides is 4. The number of nitrogens with two attached hydrogens (primary N) is 1. The molecule has 4 aromatic carbocycles. The predicted molar refractivity (Wildman–Crippen MR) is 407 cm³/mol. The summed E-state index contributed by atoms with van der Waals surface area (Å²) in [5, 5.41) is 46.6. The third-order valence-electron chi connectivity index (χ3n) is 23.3. The molecule has 7 atom stereocenters. The van der Waals surface area contributed by atoms with Crippen molar-refractivity contribution in [2.75, 3.05) is 85.6 Å². The highest BCUT2D eigenvalue weighted by atomic mass is 16.3. The van der Waals surface area contributed by atoms with Gasteiger partial charge < -0.3 is 67.2 Å². The minimum absolute atomic E-state index is 0.00391. The zero-order valence-corrected chi connectivity index (χ0v) is 63.4. The van der Waals surface area contributed by atoms with Crippen LogP contribution in [0.25, 0.3) is 0 Å². The number of aliphatic hydroxyl groups is 3. The number of hydrogen-bond acceptors (Lipinski definition) is 15. The summed E-state index contributed by atoms with van der Waals surface area (Å²) in [7, 11) is 2.07. The third-order valence-corrected chi connectivity index (χ3v) is 23.3. The van der Waals surface area contributed by atoms with Crippen molar-refractivity contribution in [1.29, 1.82) is 0 Å². The molecule has 7 heterocycles. The standard InChI is InChI=1S/C22H35N3O2.C21H33N3O.C20H31N3O2.C19H31N3O2/c1-4-24-13-10-19(26)20(24)21(27)23-22(16-18-8-6-5-7-9-18)11-14-25(15-12-22)17(2)3;1-17(2)24-14-11-21(12-15-24,16-18-8-5-4-6-9-18)22-20(25)19-10-7-13-23(19)3;1-15(2)23-12-9-20(10-13-23,14-16-6-4-3-5-7-16)22-19(25)18-17(24)8-11-21-18;1-14(2)22-11-9-19(10-12-22,13-16-7-5-4-6-8-16)21-18(24)17(20)15(3)23/h5-9,17,19-20,26H,4,10-16H2,1-3H3,(H,23,27);4-6,8-9,17,19H,7,10-16H2,1-3H3,(H,22,25);3-7,15,17-18,21,24H,8-14H2,1-2H3,(H,22,25);4-8,14-15,17,23H,9-13,20H2,1-3H3,(H,21,24). The Hall–Kier alpha value is -5.68. The Morgan fingerprint density at radius 2 is 0.802 bits per heavy atom. The van der Waals surface area contributed by atoms with E-state index in [9.17, 15) is 34.5 Å². The van der Waals surface area contributed by atoms with Gasteiger partial charge in [0.1, 0.15) is 18.1 Å². The lowest BCUT2D eigenvalue weighted by Gasteiger charge is -2.45. The maximum Gasteiger partial charge on any atom is 0.240 e. The van der Waals surface area contributed by atoms with Crippen LogP contribution < -0.4 is 32.3 Å². The number of benzene rings is 4. The molecule has 0 bridgehead atoms. The summed E-state index contributed by atoms with van der Waals surface area (Å²) in [6.45, 7) is 32.8. The summed E-state index contributed by atoms with van der Waals surface area (Å²) in [5.41, 5.74) is 10.0. The molecule has 19 heteroatoms. The van der Waals surface area contributed by atoms with Gasteiger partial charge >= 0.3 is 0 Å². The van der Waals surface area contributed by atoms with E-state index in [-0.39, 0.29) is 51.8 Å². The second-order valence-electron chi connectivity index (χ2n) is 31.9. The maximum atomic E-state index is 13.2. The van der Waals surface area contributed by atoms with Crippen molar-refractivity contribution < 1.29 is 34.5 Å². The summed E-state index contributed by atoms with van der Waals surface area (Å²) in [4.78, 5) is 65.6. The summed E-state index contributed by atoms with van der Waals surface area (Å²) in [6.07, 6.45) is 12.5. The highest BCUT2D eigenvalue weighted by Gasteiger charge is 2.45. The summed E-state index contributed by atoms with van der Waals surface area (Å²) < 4.78 is 0. The summed E-state index contributed by atoms with van der Waals surface area (Å²) in [5.74, 6) is -0.0948. The molecule has 19 nitrogen and oxygen atoms in total. The Bertz CT molecular complexity index is 2990. The SMILES string of the molecule is CC(C)N1CCC(Cc2ccccc2)(NC(=O)C2CCCN2C)CC1.CC(C)N1CCC(Cc2ccccc2)(NC(=O)C2NCCC2O)CC1.CC(O)C(N)C(=O)NC1(Cc2ccccc2)CCN(C(C)C)CC1.CCN1CCC(O)C1C(=O)NC1(Cc2ccccc2)CCN(C(C)C)CC1. The normalized spacial score (nSPS) is 24.6. The summed E-state index contributed by atoms with van der Waals surface area (Å²) >= 11 is 0. The van der Waals surface area contributed by atoms with Crippen molar-refractivity contribution in [2.45, 2.75) is 261 Å². The minimum Gasteiger partial charge on any atom is -0.391 e. The van der Waals surface area contributed by atoms with E-state index in [1.807, 2.05) is 30.3 Å². The molecule has 101 heavy (non-hydrogen) atoms. The van der Waals surface area contributed by atoms with Gasteiger partial charge in [-0.2, -0.15) is 0 Å². The molecule has 4 aromatic rings. The highest BCUT2D eigenvalue weighted by molar-refractivity contribution is 5.85. The van der Waals surface area contributed by atoms with E-state index in [1.54, 1.807) is 6.92 Å². The van der Waals surface area contributed by atoms with Crippen LogP contribution in [0.3, 0.4) is 0 Å². The van der Waals surface area contributed by atoms with E-state index in [0.29, 0.717) is 43.6 Å². The van der Waals surface area contributed by atoms with Crippen LogP contribution in [-0.4, -0.2) is 243 Å². The van der Waals surface area contributed by atoms with E-state index in [2.05, 4.69) is 216 Å². The molecule has 7 fully saturated rings. The smallest absolute Gasteiger partial charge is 0.240 e. The van der Waals surface area contributed by atoms with Gasteiger partial charge in [0.05, 0.1) is 24.4 Å². The molecule has 0 radical (unpaired) electrons. The van der Waals surface area contributed by atoms with E-state index >= 15 is 0 Å². The fourth-order valence-corrected chi connectivity index (χ4v) is 16.5. The Morgan fingerprint density at radius 1 is 0.465 bits per heavy atom. The van der Waals surface area contributed by atoms with Crippen LogP contribution in [0.4, 0.5) is 0 Å². The number of nitrogens with zero attached hydrogens (tertiary/aromatic N) is 6. The predicted octanol–water partition coefficient (Wildman–Crippen LogP) is 7.33. The number of likely N-dealkylation sites (tertiary alicyclic amines) is 6. The van der Waals surface area contributed by atoms with Gasteiger partial charge in [0.2, 0.25) is 23.6 Å². The number of piperidine rings is 4. The van der Waals surface area contributed by atoms with Gasteiger partial charge in [-0.05, 0) is 214 Å². The van der Waals surface area contributed by atoms with Gasteiger partial charge in [-0.1, -0.05) is 128 Å². The number of rotatable bonds is 22. The largest absolute Gasteiger partial charge is 0.391 e. The second-order valence-corrected chi connectivity index (χ2v) is 31.9. The van der Waals surface area contributed by atoms with E-state index in [1.165, 1.54) is 22.3 Å². The van der Waals surface area contributed by atoms with E-state index < -0.39 is 36.4 Å². The van der Waals surface area contributed by atoms with Crippen LogP contribution in [-0.2, 0) is 44.9 Å². The van der Waals surface area contributed by atoms with Crippen LogP contribution in [0.15, 0.2) is 121 Å². The van der Waals surface area contributed by atoms with Crippen molar-refractivity contribution in [3.63, 3.8) is 0 Å². The number of aliphatic hydroxyl groups excluding tert-OH is 3. The van der Waals surface area contributed by atoms with Gasteiger partial charge in [0, 0.05) is 105 Å². The molecule has 7 unspecified atom stereocenters. The minimum atomic E-state index is -0.888. The molecule has 7 aliphatic heterocycles. The summed E-state index contributed by atoms with van der Waals surface area (Å²) in [6, 6.07) is 42.1. The van der Waals surface area contributed by atoms with Crippen LogP contribution >= 0.6 is 0 Å². The zero-order valence-electron chi connectivity index (χ0n) is 63.4. The van der Waals surface area contributed by atoms with Crippen molar-refractivity contribution in [1.82, 2.24) is 56.0 Å². The lowest BCUT2D eigenvalue weighted by molar-refractivity contribution is -0.131. The number of hydrogen-bond donors (Lipinski definition) is 9. The van der Waals surface area contributed by atoms with E-state index in [0.717, 1.165) is 162 Å². The van der Waals surface area contributed by atoms with Gasteiger partial charge in [-0.15, -0.1) is 0 Å². The number of carbonyl (C=O) groups excluding carboxylic acids is 4. The first kappa shape index (κ1) is 81.0. The molecular weight excluding hydrogens is 1260 g/mol. The Balaban J connectivity index is 0.000000171. The monoisotopic (exact) mass is 1400 g/mol. The van der Waals surface area contributed by atoms with Crippen molar-refractivity contribution >= 4 is 23.6 Å². The molecule has 4 amide bonds. The van der Waals surface area contributed by atoms with Gasteiger partial charge in [0.15, 0.2) is 0 Å². The average molecular weight is 1400 g/mol. The lowest BCUT2D eigenvalue weighted by atomic mass is 9.81. The van der Waals surface area contributed by atoms with Crippen LogP contribution in [0, 0.1) is 0 Å². The first-order valence-corrected chi connectivity index (χ1v) is 38.6. The third kappa shape index (κ3) is 23.4. The van der Waals surface area contributed by atoms with Crippen molar-refractivity contribution in [3.05, 3.63) is 144 Å². The van der Waals surface area contributed by atoms with E-state index in [4.69, 9.17) is 5.73 Å². The lowest BCUT2D eigenvalue weighted by Crippen LogP contribution is -2.61. The molecule has 0 aromatic heterocycles. The van der Waals surface area contributed by atoms with Crippen LogP contribution in [0.5, 0.6) is 0 Å². The molecule has 0 aliphatic carbocycles. The van der Waals surface area contributed by atoms with Crippen molar-refractivity contribution in [3.8, 4) is 0 Å². The fraction of sp³-hybridized carbons (Fsp3) is 0.659. The molecule has 7 aliphatic rings. The van der Waals surface area contributed by atoms with Gasteiger partial charge in [0.25, 0.3) is 0 Å². The van der Waals surface area contributed by atoms with Gasteiger partial charge in [-0.25, -0.2) is 0 Å². The molecule has 560 valence electrons. The molecular formula is C82H130N12O7. The molecule has 0 saturated carbocycles. The molecule has 10 N–H and O–H groups in total. The van der Waals surface area contributed by atoms with Crippen LogP contribution in [0.2, 0.25) is 0 Å². The number of likely N-dealkylation sites (N-methyl/N-ethyl adjacent to an activating group) is 2.